The minimum atomic E-state index is -0.628. The minimum Gasteiger partial charge on any atom is -0.476 e. The molecule has 0 aliphatic carbocycles. The van der Waals surface area contributed by atoms with Gasteiger partial charge in [0.25, 0.3) is 5.91 Å². The molecule has 0 bridgehead atoms. The van der Waals surface area contributed by atoms with E-state index in [1.54, 1.807) is 4.90 Å². The number of amides is 1. The van der Waals surface area contributed by atoms with Crippen LogP contribution in [0.4, 0.5) is 5.82 Å². The molecule has 0 saturated heterocycles. The van der Waals surface area contributed by atoms with E-state index < -0.39 is 10.7 Å². The summed E-state index contributed by atoms with van der Waals surface area (Å²) in [4.78, 5) is 28.7. The van der Waals surface area contributed by atoms with Gasteiger partial charge in [-0.05, 0) is 39.6 Å². The van der Waals surface area contributed by atoms with E-state index in [1.165, 1.54) is 18.3 Å². The average molecular weight is 391 g/mol. The zero-order chi connectivity index (χ0) is 20.5. The fourth-order valence-corrected chi connectivity index (χ4v) is 2.87. The number of ether oxygens (including phenoxy) is 1. The Morgan fingerprint density at radius 3 is 2.28 bits per heavy atom. The summed E-state index contributed by atoms with van der Waals surface area (Å²) in [6.45, 7) is 0.648. The van der Waals surface area contributed by atoms with Gasteiger partial charge in [0.1, 0.15) is 6.20 Å². The van der Waals surface area contributed by atoms with E-state index in [2.05, 4.69) is 4.98 Å². The molecule has 29 heavy (non-hydrogen) atoms. The first-order valence-electron chi connectivity index (χ1n) is 9.21. The smallest absolute Gasteiger partial charge is 0.406 e. The largest absolute Gasteiger partial charge is 0.476 e. The summed E-state index contributed by atoms with van der Waals surface area (Å²) in [5.41, 5.74) is 2.13. The molecule has 3 rings (SSSR count). The van der Waals surface area contributed by atoms with E-state index in [0.29, 0.717) is 19.5 Å². The van der Waals surface area contributed by atoms with Crippen molar-refractivity contribution in [3.8, 4) is 5.75 Å². The lowest BCUT2D eigenvalue weighted by Gasteiger charge is -2.23. The Labute approximate surface area is 168 Å². The predicted molar refractivity (Wildman–Crippen MR) is 108 cm³/mol. The fourth-order valence-electron chi connectivity index (χ4n) is 2.87. The third-order valence-corrected chi connectivity index (χ3v) is 4.36. The number of carbonyl (C=O) groups is 1. The minimum absolute atomic E-state index is 0.0198. The van der Waals surface area contributed by atoms with Crippen LogP contribution in [0.5, 0.6) is 5.75 Å². The zero-order valence-corrected chi connectivity index (χ0v) is 15.8. The normalized spacial score (nSPS) is 10.3. The lowest BCUT2D eigenvalue weighted by atomic mass is 10.1. The molecule has 0 radical (unpaired) electrons. The van der Waals surface area contributed by atoms with Crippen LogP contribution >= 0.6 is 0 Å². The molecule has 3 aromatic rings. The van der Waals surface area contributed by atoms with Crippen LogP contribution in [0.25, 0.3) is 0 Å². The van der Waals surface area contributed by atoms with E-state index in [-0.39, 0.29) is 18.3 Å². The molecular weight excluding hydrogens is 370 g/mol. The third kappa shape index (κ3) is 5.87. The number of aromatic nitrogens is 1. The summed E-state index contributed by atoms with van der Waals surface area (Å²) >= 11 is 0. The number of nitro groups is 1. The summed E-state index contributed by atoms with van der Waals surface area (Å²) in [7, 11) is 0. The van der Waals surface area contributed by atoms with Crippen LogP contribution in [-0.4, -0.2) is 33.9 Å². The Kier molecular flexibility index (Phi) is 6.89. The highest BCUT2D eigenvalue weighted by molar-refractivity contribution is 5.78. The molecule has 0 atom stereocenters. The molecule has 0 aliphatic rings. The van der Waals surface area contributed by atoms with Gasteiger partial charge < -0.3 is 19.8 Å². The van der Waals surface area contributed by atoms with Crippen molar-refractivity contribution in [1.29, 1.82) is 0 Å². The van der Waals surface area contributed by atoms with Crippen LogP contribution < -0.4 is 4.74 Å². The van der Waals surface area contributed by atoms with Crippen molar-refractivity contribution in [2.45, 2.75) is 13.0 Å². The van der Waals surface area contributed by atoms with Gasteiger partial charge in [-0.1, -0.05) is 60.7 Å². The molecule has 1 heterocycles. The SMILES string of the molecule is O=C(COc1cccnc1[N+](=O)[O-])N(CCc1ccccc1)Cc1ccccc1. The third-order valence-electron chi connectivity index (χ3n) is 4.36. The number of pyridine rings is 1. The van der Waals surface area contributed by atoms with Crippen LogP contribution in [-0.2, 0) is 17.8 Å². The molecule has 0 N–H and O–H groups in total. The summed E-state index contributed by atoms with van der Waals surface area (Å²) in [5.74, 6) is -0.671. The second-order valence-electron chi connectivity index (χ2n) is 6.41. The second-order valence-corrected chi connectivity index (χ2v) is 6.41. The highest BCUT2D eigenvalue weighted by Gasteiger charge is 2.19. The Hall–Kier alpha value is -3.74. The lowest BCUT2D eigenvalue weighted by Crippen LogP contribution is -2.36. The summed E-state index contributed by atoms with van der Waals surface area (Å²) < 4.78 is 5.44. The summed E-state index contributed by atoms with van der Waals surface area (Å²) in [6.07, 6.45) is 2.01. The standard InChI is InChI=1S/C22H21N3O4/c26-21(17-29-20-12-7-14-23-22(20)25(27)28)24(16-19-10-5-2-6-11-19)15-13-18-8-3-1-4-9-18/h1-12,14H,13,15-17H2. The van der Waals surface area contributed by atoms with Gasteiger partial charge in [-0.2, -0.15) is 0 Å². The molecule has 2 aromatic carbocycles. The van der Waals surface area contributed by atoms with E-state index >= 15 is 0 Å². The predicted octanol–water partition coefficient (Wildman–Crippen LogP) is 3.64. The van der Waals surface area contributed by atoms with Gasteiger partial charge in [0.05, 0.1) is 0 Å². The van der Waals surface area contributed by atoms with Gasteiger partial charge in [0.2, 0.25) is 5.75 Å². The van der Waals surface area contributed by atoms with Gasteiger partial charge in [-0.15, -0.1) is 0 Å². The number of rotatable bonds is 9. The van der Waals surface area contributed by atoms with E-state index in [0.717, 1.165) is 11.1 Å². The number of benzene rings is 2. The molecule has 0 spiro atoms. The zero-order valence-electron chi connectivity index (χ0n) is 15.8. The van der Waals surface area contributed by atoms with Gasteiger partial charge >= 0.3 is 5.82 Å². The van der Waals surface area contributed by atoms with Crippen LogP contribution in [0.1, 0.15) is 11.1 Å². The molecule has 7 heteroatoms. The maximum atomic E-state index is 12.8. The van der Waals surface area contributed by atoms with Crippen LogP contribution in [0, 0.1) is 10.1 Å². The Morgan fingerprint density at radius 2 is 1.62 bits per heavy atom. The molecule has 0 fully saturated rings. The van der Waals surface area contributed by atoms with Crippen LogP contribution in [0.2, 0.25) is 0 Å². The number of hydrogen-bond acceptors (Lipinski definition) is 5. The maximum absolute atomic E-state index is 12.8. The first-order chi connectivity index (χ1) is 14.1. The van der Waals surface area contributed by atoms with Crippen LogP contribution in [0.15, 0.2) is 79.0 Å². The van der Waals surface area contributed by atoms with Crippen molar-refractivity contribution in [3.63, 3.8) is 0 Å². The van der Waals surface area contributed by atoms with Gasteiger partial charge in [0, 0.05) is 13.1 Å². The number of hydrogen-bond donors (Lipinski definition) is 0. The summed E-state index contributed by atoms with van der Waals surface area (Å²) in [5, 5.41) is 11.1. The van der Waals surface area contributed by atoms with Gasteiger partial charge in [-0.25, -0.2) is 0 Å². The molecule has 148 valence electrons. The molecule has 7 nitrogen and oxygen atoms in total. The van der Waals surface area contributed by atoms with Crippen molar-refractivity contribution in [1.82, 2.24) is 9.88 Å². The maximum Gasteiger partial charge on any atom is 0.406 e. The van der Waals surface area contributed by atoms with Crippen LogP contribution in [0.3, 0.4) is 0 Å². The van der Waals surface area contributed by atoms with Crippen molar-refractivity contribution >= 4 is 11.7 Å². The fraction of sp³-hybridized carbons (Fsp3) is 0.182. The molecular formula is C22H21N3O4. The average Bonchev–Trinajstić information content (AvgIpc) is 2.76. The number of carbonyl (C=O) groups excluding carboxylic acids is 1. The highest BCUT2D eigenvalue weighted by atomic mass is 16.6. The molecule has 0 saturated carbocycles. The highest BCUT2D eigenvalue weighted by Crippen LogP contribution is 2.23. The Balaban J connectivity index is 1.69. The molecule has 1 aromatic heterocycles. The Bertz CT molecular complexity index is 949. The molecule has 0 unspecified atom stereocenters. The van der Waals surface area contributed by atoms with Crippen molar-refractivity contribution < 1.29 is 14.5 Å². The Morgan fingerprint density at radius 1 is 0.966 bits per heavy atom. The van der Waals surface area contributed by atoms with Gasteiger partial charge in [0.15, 0.2) is 6.61 Å². The molecule has 1 amide bonds. The monoisotopic (exact) mass is 391 g/mol. The van der Waals surface area contributed by atoms with Gasteiger partial charge in [-0.3, -0.25) is 4.79 Å². The molecule has 0 aliphatic heterocycles. The summed E-state index contributed by atoms with van der Waals surface area (Å²) in [6, 6.07) is 22.5. The number of nitrogens with zero attached hydrogens (tertiary/aromatic N) is 3. The van der Waals surface area contributed by atoms with E-state index in [4.69, 9.17) is 4.74 Å². The second kappa shape index (κ2) is 9.98. The van der Waals surface area contributed by atoms with Crippen molar-refractivity contribution in [2.75, 3.05) is 13.2 Å². The van der Waals surface area contributed by atoms with Crippen molar-refractivity contribution in [3.05, 3.63) is 100 Å². The first kappa shape index (κ1) is 20.0. The van der Waals surface area contributed by atoms with Crippen molar-refractivity contribution in [2.24, 2.45) is 0 Å². The first-order valence-corrected chi connectivity index (χ1v) is 9.21. The topological polar surface area (TPSA) is 85.6 Å². The quantitative estimate of drug-likeness (QED) is 0.411. The van der Waals surface area contributed by atoms with E-state index in [1.807, 2.05) is 60.7 Å². The van der Waals surface area contributed by atoms with E-state index in [9.17, 15) is 14.9 Å². The lowest BCUT2D eigenvalue weighted by molar-refractivity contribution is -0.390.